The van der Waals surface area contributed by atoms with E-state index in [0.29, 0.717) is 17.9 Å². The first-order chi connectivity index (χ1) is 12.1. The lowest BCUT2D eigenvalue weighted by Gasteiger charge is -2.09. The van der Waals surface area contributed by atoms with Crippen molar-refractivity contribution in [2.75, 3.05) is 18.5 Å². The van der Waals surface area contributed by atoms with Gasteiger partial charge in [0.15, 0.2) is 5.69 Å². The molecule has 0 bridgehead atoms. The van der Waals surface area contributed by atoms with Crippen LogP contribution in [-0.2, 0) is 7.05 Å². The minimum Gasteiger partial charge on any atom is -0.491 e. The molecule has 2 N–H and O–H groups in total. The van der Waals surface area contributed by atoms with Crippen LogP contribution in [0.15, 0.2) is 41.5 Å². The summed E-state index contributed by atoms with van der Waals surface area (Å²) in [5.41, 5.74) is 1.35. The Labute approximate surface area is 143 Å². The zero-order chi connectivity index (χ0) is 17.6. The molecule has 9 heteroatoms. The molecule has 9 nitrogen and oxygen atoms in total. The van der Waals surface area contributed by atoms with Gasteiger partial charge in [-0.1, -0.05) is 0 Å². The highest BCUT2D eigenvalue weighted by molar-refractivity contribution is 5.85. The summed E-state index contributed by atoms with van der Waals surface area (Å²) in [6, 6.07) is 1.67. The number of aromatic nitrogens is 4. The molecule has 25 heavy (non-hydrogen) atoms. The molecule has 3 rings (SSSR count). The topological polar surface area (TPSA) is 115 Å². The highest BCUT2D eigenvalue weighted by Gasteiger charge is 2.15. The van der Waals surface area contributed by atoms with Crippen LogP contribution in [0.5, 0.6) is 5.75 Å². The fraction of sp³-hybridized carbons (Fsp3) is 0.250. The van der Waals surface area contributed by atoms with Crippen molar-refractivity contribution in [3.63, 3.8) is 0 Å². The van der Waals surface area contributed by atoms with E-state index < -0.39 is 5.97 Å². The first-order valence-corrected chi connectivity index (χ1v) is 7.62. The van der Waals surface area contributed by atoms with E-state index in [-0.39, 0.29) is 11.6 Å². The minimum absolute atomic E-state index is 0.154. The van der Waals surface area contributed by atoms with Gasteiger partial charge in [-0.2, -0.15) is 5.10 Å². The zero-order valence-electron chi connectivity index (χ0n) is 13.5. The number of aryl methyl sites for hydroxylation is 1. The maximum Gasteiger partial charge on any atom is 0.357 e. The van der Waals surface area contributed by atoms with Crippen molar-refractivity contribution >= 4 is 11.7 Å². The molecule has 3 aromatic rings. The molecule has 0 spiro atoms. The molecule has 0 saturated heterocycles. The summed E-state index contributed by atoms with van der Waals surface area (Å²) in [6.07, 6.45) is 8.62. The number of hydrogen-bond donors (Lipinski definition) is 2. The lowest BCUT2D eigenvalue weighted by Crippen LogP contribution is -2.07. The molecule has 0 atom stereocenters. The lowest BCUT2D eigenvalue weighted by atomic mass is 10.2. The van der Waals surface area contributed by atoms with Crippen molar-refractivity contribution < 1.29 is 19.1 Å². The quantitative estimate of drug-likeness (QED) is 0.597. The van der Waals surface area contributed by atoms with E-state index in [9.17, 15) is 4.79 Å². The van der Waals surface area contributed by atoms with Gasteiger partial charge >= 0.3 is 5.97 Å². The van der Waals surface area contributed by atoms with Gasteiger partial charge in [0.2, 0.25) is 5.89 Å². The molecule has 0 aliphatic heterocycles. The number of oxazole rings is 1. The Morgan fingerprint density at radius 2 is 2.32 bits per heavy atom. The van der Waals surface area contributed by atoms with Crippen LogP contribution < -0.4 is 10.1 Å². The highest BCUT2D eigenvalue weighted by Crippen LogP contribution is 2.28. The van der Waals surface area contributed by atoms with Gasteiger partial charge in [0.1, 0.15) is 12.0 Å². The number of aromatic carboxylic acids is 1. The van der Waals surface area contributed by atoms with Crippen LogP contribution in [0.25, 0.3) is 11.5 Å². The average molecular weight is 343 g/mol. The predicted molar refractivity (Wildman–Crippen MR) is 88.5 cm³/mol. The van der Waals surface area contributed by atoms with Crippen molar-refractivity contribution in [1.82, 2.24) is 19.7 Å². The number of carboxylic acid groups (broad SMARTS) is 1. The van der Waals surface area contributed by atoms with Crippen molar-refractivity contribution in [3.05, 3.63) is 42.8 Å². The summed E-state index contributed by atoms with van der Waals surface area (Å²) in [5.74, 6) is -0.473. The van der Waals surface area contributed by atoms with Crippen molar-refractivity contribution in [2.45, 2.75) is 6.42 Å². The van der Waals surface area contributed by atoms with E-state index in [1.807, 2.05) is 13.2 Å². The number of nitrogens with one attached hydrogen (secondary N) is 1. The summed E-state index contributed by atoms with van der Waals surface area (Å²) >= 11 is 0. The van der Waals surface area contributed by atoms with Crippen LogP contribution in [0, 0.1) is 0 Å². The summed E-state index contributed by atoms with van der Waals surface area (Å²) in [4.78, 5) is 18.9. The van der Waals surface area contributed by atoms with Crippen LogP contribution in [0.3, 0.4) is 0 Å². The van der Waals surface area contributed by atoms with E-state index in [1.54, 1.807) is 29.3 Å². The Morgan fingerprint density at radius 3 is 3.04 bits per heavy atom. The molecule has 0 aliphatic rings. The van der Waals surface area contributed by atoms with E-state index in [1.165, 1.54) is 0 Å². The van der Waals surface area contributed by atoms with Gasteiger partial charge in [-0.25, -0.2) is 9.78 Å². The van der Waals surface area contributed by atoms with Gasteiger partial charge in [-0.15, -0.1) is 0 Å². The first-order valence-electron chi connectivity index (χ1n) is 7.62. The number of anilines is 1. The molecular formula is C16H17N5O4. The second kappa shape index (κ2) is 7.47. The molecule has 0 fully saturated rings. The monoisotopic (exact) mass is 343 g/mol. The number of carbonyl (C=O) groups is 1. The third-order valence-electron chi connectivity index (χ3n) is 3.35. The third-order valence-corrected chi connectivity index (χ3v) is 3.35. The molecule has 0 aromatic carbocycles. The van der Waals surface area contributed by atoms with Crippen LogP contribution in [-0.4, -0.2) is 44.0 Å². The molecule has 3 aromatic heterocycles. The van der Waals surface area contributed by atoms with E-state index in [4.69, 9.17) is 14.3 Å². The summed E-state index contributed by atoms with van der Waals surface area (Å²) in [7, 11) is 1.86. The molecule has 0 saturated carbocycles. The van der Waals surface area contributed by atoms with E-state index in [2.05, 4.69) is 20.4 Å². The molecule has 130 valence electrons. The van der Waals surface area contributed by atoms with Crippen LogP contribution >= 0.6 is 0 Å². The smallest absolute Gasteiger partial charge is 0.357 e. The largest absolute Gasteiger partial charge is 0.491 e. The van der Waals surface area contributed by atoms with Gasteiger partial charge in [-0.05, 0) is 12.5 Å². The number of pyridine rings is 1. The Bertz CT molecular complexity index is 858. The highest BCUT2D eigenvalue weighted by atomic mass is 16.5. The van der Waals surface area contributed by atoms with Gasteiger partial charge in [0, 0.05) is 26.0 Å². The second-order valence-electron chi connectivity index (χ2n) is 5.25. The standard InChI is InChI=1S/C16H17N5O4/c1-21-9-11(7-19-21)18-4-2-6-24-14-8-17-5-3-12(14)15-20-13(10-25-15)16(22)23/h3,5,7-10,18H,2,4,6H2,1H3,(H,22,23). The van der Waals surface area contributed by atoms with Crippen LogP contribution in [0.1, 0.15) is 16.9 Å². The van der Waals surface area contributed by atoms with Crippen molar-refractivity contribution in [2.24, 2.45) is 7.05 Å². The Hall–Kier alpha value is -3.36. The Balaban J connectivity index is 1.56. The second-order valence-corrected chi connectivity index (χ2v) is 5.25. The van der Waals surface area contributed by atoms with Crippen LogP contribution in [0.2, 0.25) is 0 Å². The number of ether oxygens (including phenoxy) is 1. The average Bonchev–Trinajstić information content (AvgIpc) is 3.24. The number of carboxylic acids is 1. The molecule has 3 heterocycles. The summed E-state index contributed by atoms with van der Waals surface area (Å²) in [5, 5.41) is 16.2. The minimum atomic E-state index is -1.15. The number of hydrogen-bond acceptors (Lipinski definition) is 7. The molecule has 0 radical (unpaired) electrons. The fourth-order valence-corrected chi connectivity index (χ4v) is 2.17. The van der Waals surface area contributed by atoms with Crippen molar-refractivity contribution in [1.29, 1.82) is 0 Å². The van der Waals surface area contributed by atoms with Gasteiger partial charge in [-0.3, -0.25) is 9.67 Å². The van der Waals surface area contributed by atoms with Gasteiger partial charge < -0.3 is 19.6 Å². The molecule has 0 amide bonds. The summed E-state index contributed by atoms with van der Waals surface area (Å²) < 4.78 is 12.7. The lowest BCUT2D eigenvalue weighted by molar-refractivity contribution is 0.0690. The van der Waals surface area contributed by atoms with Crippen molar-refractivity contribution in [3.8, 4) is 17.2 Å². The number of nitrogens with zero attached hydrogens (tertiary/aromatic N) is 4. The maximum atomic E-state index is 10.9. The maximum absolute atomic E-state index is 10.9. The molecule has 0 unspecified atom stereocenters. The first kappa shape index (κ1) is 16.5. The van der Waals surface area contributed by atoms with Crippen LogP contribution in [0.4, 0.5) is 5.69 Å². The van der Waals surface area contributed by atoms with Gasteiger partial charge in [0.05, 0.1) is 30.3 Å². The number of rotatable bonds is 8. The fourth-order valence-electron chi connectivity index (χ4n) is 2.17. The SMILES string of the molecule is Cn1cc(NCCCOc2cnccc2-c2nc(C(=O)O)co2)cn1. The Morgan fingerprint density at radius 1 is 1.44 bits per heavy atom. The Kier molecular flexibility index (Phi) is 4.93. The summed E-state index contributed by atoms with van der Waals surface area (Å²) in [6.45, 7) is 1.18. The molecular weight excluding hydrogens is 326 g/mol. The van der Waals surface area contributed by atoms with E-state index in [0.717, 1.165) is 24.9 Å². The third kappa shape index (κ3) is 4.14. The zero-order valence-corrected chi connectivity index (χ0v) is 13.5. The predicted octanol–water partition coefficient (Wildman–Crippen LogP) is 2.05. The van der Waals surface area contributed by atoms with Gasteiger partial charge in [0.25, 0.3) is 0 Å². The normalized spacial score (nSPS) is 10.6. The molecule has 0 aliphatic carbocycles. The van der Waals surface area contributed by atoms with E-state index >= 15 is 0 Å².